The third-order valence-corrected chi connectivity index (χ3v) is 3.79. The number of amides is 1. The molecule has 0 bridgehead atoms. The lowest BCUT2D eigenvalue weighted by Gasteiger charge is -2.18. The molecule has 2 rings (SSSR count). The minimum atomic E-state index is -0.491. The Morgan fingerprint density at radius 1 is 1.32 bits per heavy atom. The molecular formula is C14H19FN2O2. The molecule has 1 aliphatic heterocycles. The van der Waals surface area contributed by atoms with Gasteiger partial charge in [-0.05, 0) is 38.0 Å². The third kappa shape index (κ3) is 2.71. The summed E-state index contributed by atoms with van der Waals surface area (Å²) in [5.41, 5.74) is 6.12. The molecule has 5 heteroatoms. The molecule has 1 heterocycles. The van der Waals surface area contributed by atoms with Crippen LogP contribution in [0.15, 0.2) is 18.2 Å². The van der Waals surface area contributed by atoms with Gasteiger partial charge in [-0.15, -0.1) is 0 Å². The molecule has 1 aliphatic rings. The highest BCUT2D eigenvalue weighted by molar-refractivity contribution is 5.93. The lowest BCUT2D eigenvalue weighted by atomic mass is 9.89. The topological polar surface area (TPSA) is 64.3 Å². The summed E-state index contributed by atoms with van der Waals surface area (Å²) in [5, 5.41) is 2.60. The van der Waals surface area contributed by atoms with Crippen molar-refractivity contribution in [1.29, 1.82) is 0 Å². The van der Waals surface area contributed by atoms with Crippen molar-refractivity contribution in [3.63, 3.8) is 0 Å². The van der Waals surface area contributed by atoms with E-state index in [0.29, 0.717) is 5.69 Å². The van der Waals surface area contributed by atoms with Crippen LogP contribution in [0.3, 0.4) is 0 Å². The van der Waals surface area contributed by atoms with Gasteiger partial charge in [0.2, 0.25) is 5.91 Å². The minimum Gasteiger partial charge on any atom is -0.399 e. The maximum atomic E-state index is 13.6. The van der Waals surface area contributed by atoms with Crippen LogP contribution in [-0.2, 0) is 9.53 Å². The summed E-state index contributed by atoms with van der Waals surface area (Å²) >= 11 is 0. The maximum Gasteiger partial charge on any atom is 0.230 e. The number of halogens is 1. The molecule has 19 heavy (non-hydrogen) atoms. The normalized spacial score (nSPS) is 30.3. The number of ether oxygens (including phenoxy) is 1. The largest absolute Gasteiger partial charge is 0.399 e. The Morgan fingerprint density at radius 2 is 2.00 bits per heavy atom. The van der Waals surface area contributed by atoms with E-state index >= 15 is 0 Å². The van der Waals surface area contributed by atoms with Gasteiger partial charge < -0.3 is 15.8 Å². The molecular weight excluding hydrogens is 247 g/mol. The van der Waals surface area contributed by atoms with Crippen LogP contribution in [0.2, 0.25) is 0 Å². The number of hydrogen-bond acceptors (Lipinski definition) is 3. The van der Waals surface area contributed by atoms with E-state index in [9.17, 15) is 9.18 Å². The number of carbonyl (C=O) groups is 1. The van der Waals surface area contributed by atoms with Crippen LogP contribution >= 0.6 is 0 Å². The van der Waals surface area contributed by atoms with Gasteiger partial charge in [0, 0.05) is 5.69 Å². The average molecular weight is 266 g/mol. The van der Waals surface area contributed by atoms with Gasteiger partial charge in [0.1, 0.15) is 5.82 Å². The van der Waals surface area contributed by atoms with Crippen LogP contribution < -0.4 is 11.1 Å². The zero-order valence-corrected chi connectivity index (χ0v) is 11.3. The molecule has 3 N–H and O–H groups in total. The quantitative estimate of drug-likeness (QED) is 0.808. The van der Waals surface area contributed by atoms with Gasteiger partial charge in [-0.2, -0.15) is 0 Å². The van der Waals surface area contributed by atoms with Crippen LogP contribution in [0, 0.1) is 17.7 Å². The zero-order chi connectivity index (χ0) is 14.2. The summed E-state index contributed by atoms with van der Waals surface area (Å²) in [6, 6.07) is 4.12. The molecule has 0 aromatic heterocycles. The van der Waals surface area contributed by atoms with Crippen LogP contribution in [0.25, 0.3) is 0 Å². The van der Waals surface area contributed by atoms with E-state index in [2.05, 4.69) is 5.32 Å². The van der Waals surface area contributed by atoms with Crippen molar-refractivity contribution in [1.82, 2.24) is 0 Å². The molecule has 1 aromatic rings. The van der Waals surface area contributed by atoms with Gasteiger partial charge in [-0.1, -0.05) is 6.92 Å². The average Bonchev–Trinajstić information content (AvgIpc) is 2.58. The van der Waals surface area contributed by atoms with Gasteiger partial charge in [0.05, 0.1) is 23.8 Å². The minimum absolute atomic E-state index is 0.0245. The summed E-state index contributed by atoms with van der Waals surface area (Å²) in [4.78, 5) is 12.2. The van der Waals surface area contributed by atoms with E-state index in [1.807, 2.05) is 20.8 Å². The van der Waals surface area contributed by atoms with Crippen molar-refractivity contribution < 1.29 is 13.9 Å². The Balaban J connectivity index is 2.15. The standard InChI is InChI=1S/C14H19FN2O2/c1-7-8(2)19-9(3)13(7)14(18)17-12-6-10(16)4-5-11(12)15/h4-9,13H,16H2,1-3H3,(H,17,18). The second kappa shape index (κ2) is 5.17. The molecule has 0 radical (unpaired) electrons. The van der Waals surface area contributed by atoms with Gasteiger partial charge >= 0.3 is 0 Å². The predicted molar refractivity (Wildman–Crippen MR) is 72.1 cm³/mol. The molecule has 1 amide bonds. The van der Waals surface area contributed by atoms with Crippen LogP contribution in [0.5, 0.6) is 0 Å². The highest BCUT2D eigenvalue weighted by atomic mass is 19.1. The van der Waals surface area contributed by atoms with E-state index in [1.165, 1.54) is 18.2 Å². The first-order chi connectivity index (χ1) is 8.90. The molecule has 0 spiro atoms. The van der Waals surface area contributed by atoms with E-state index in [4.69, 9.17) is 10.5 Å². The SMILES string of the molecule is CC1OC(C)C(C(=O)Nc2cc(N)ccc2F)C1C. The smallest absolute Gasteiger partial charge is 0.230 e. The lowest BCUT2D eigenvalue weighted by Crippen LogP contribution is -2.32. The second-order valence-corrected chi connectivity index (χ2v) is 5.16. The van der Waals surface area contributed by atoms with Crippen LogP contribution in [0.4, 0.5) is 15.8 Å². The monoisotopic (exact) mass is 266 g/mol. The van der Waals surface area contributed by atoms with E-state index in [1.54, 1.807) is 0 Å². The van der Waals surface area contributed by atoms with Gasteiger partial charge in [-0.25, -0.2) is 4.39 Å². The summed E-state index contributed by atoms with van der Waals surface area (Å²) in [6.45, 7) is 5.77. The Kier molecular flexibility index (Phi) is 3.75. The molecule has 1 fully saturated rings. The van der Waals surface area contributed by atoms with Crippen molar-refractivity contribution in [3.8, 4) is 0 Å². The summed E-state index contributed by atoms with van der Waals surface area (Å²) in [7, 11) is 0. The molecule has 1 saturated heterocycles. The Bertz CT molecular complexity index is 492. The predicted octanol–water partition coefficient (Wildman–Crippen LogP) is 2.41. The van der Waals surface area contributed by atoms with Gasteiger partial charge in [0.25, 0.3) is 0 Å². The number of nitrogens with two attached hydrogens (primary N) is 1. The van der Waals surface area contributed by atoms with Crippen LogP contribution in [0.1, 0.15) is 20.8 Å². The van der Waals surface area contributed by atoms with Crippen molar-refractivity contribution >= 4 is 17.3 Å². The fourth-order valence-electron chi connectivity index (χ4n) is 2.57. The number of benzene rings is 1. The Morgan fingerprint density at radius 3 is 2.58 bits per heavy atom. The van der Waals surface area contributed by atoms with E-state index < -0.39 is 5.82 Å². The van der Waals surface area contributed by atoms with Crippen molar-refractivity contribution in [2.24, 2.45) is 11.8 Å². The molecule has 0 aliphatic carbocycles. The first kappa shape index (κ1) is 13.8. The maximum absolute atomic E-state index is 13.6. The Hall–Kier alpha value is -1.62. The van der Waals surface area contributed by atoms with Crippen molar-refractivity contribution in [2.45, 2.75) is 33.0 Å². The van der Waals surface area contributed by atoms with Crippen molar-refractivity contribution in [3.05, 3.63) is 24.0 Å². The number of anilines is 2. The summed E-state index contributed by atoms with van der Waals surface area (Å²) in [6.07, 6.45) is -0.148. The first-order valence-electron chi connectivity index (χ1n) is 6.41. The summed E-state index contributed by atoms with van der Waals surface area (Å²) < 4.78 is 19.2. The number of hydrogen-bond donors (Lipinski definition) is 2. The van der Waals surface area contributed by atoms with Gasteiger partial charge in [-0.3, -0.25) is 4.79 Å². The Labute approximate surface area is 112 Å². The molecule has 1 aromatic carbocycles. The second-order valence-electron chi connectivity index (χ2n) is 5.16. The van der Waals surface area contributed by atoms with Crippen molar-refractivity contribution in [2.75, 3.05) is 11.1 Å². The fraction of sp³-hybridized carbons (Fsp3) is 0.500. The number of carbonyl (C=O) groups excluding carboxylic acids is 1. The highest BCUT2D eigenvalue weighted by Gasteiger charge is 2.41. The number of nitrogen functional groups attached to an aromatic ring is 1. The van der Waals surface area contributed by atoms with Gasteiger partial charge in [0.15, 0.2) is 0 Å². The molecule has 0 saturated carbocycles. The van der Waals surface area contributed by atoms with Crippen LogP contribution in [-0.4, -0.2) is 18.1 Å². The molecule has 4 atom stereocenters. The zero-order valence-electron chi connectivity index (χ0n) is 11.3. The first-order valence-corrected chi connectivity index (χ1v) is 6.41. The lowest BCUT2D eigenvalue weighted by molar-refractivity contribution is -0.122. The number of nitrogens with one attached hydrogen (secondary N) is 1. The molecule has 4 nitrogen and oxygen atoms in total. The summed E-state index contributed by atoms with van der Waals surface area (Å²) in [5.74, 6) is -0.904. The molecule has 4 unspecified atom stereocenters. The molecule has 104 valence electrons. The van der Waals surface area contributed by atoms with E-state index in [-0.39, 0.29) is 35.6 Å². The third-order valence-electron chi connectivity index (χ3n) is 3.79. The van der Waals surface area contributed by atoms with E-state index in [0.717, 1.165) is 0 Å². The highest BCUT2D eigenvalue weighted by Crippen LogP contribution is 2.33. The number of rotatable bonds is 2. The fourth-order valence-corrected chi connectivity index (χ4v) is 2.57.